The number of hydrogen-bond donors (Lipinski definition) is 2. The highest BCUT2D eigenvalue weighted by Crippen LogP contribution is 2.26. The highest BCUT2D eigenvalue weighted by Gasteiger charge is 2.22. The topological polar surface area (TPSA) is 86.2 Å². The summed E-state index contributed by atoms with van der Waals surface area (Å²) in [6.07, 6.45) is 2.94. The Morgan fingerprint density at radius 2 is 1.62 bits per heavy atom. The van der Waals surface area contributed by atoms with Crippen LogP contribution in [0.4, 0.5) is 0 Å². The molecule has 0 fully saturated rings. The third-order valence-electron chi connectivity index (χ3n) is 3.31. The molecule has 21 heavy (non-hydrogen) atoms. The molecule has 0 spiro atoms. The van der Waals surface area contributed by atoms with Crippen molar-refractivity contribution in [3.63, 3.8) is 0 Å². The van der Waals surface area contributed by atoms with E-state index in [0.717, 1.165) is 18.4 Å². The Bertz CT molecular complexity index is 622. The molecule has 0 atom stereocenters. The number of hydrogen-bond acceptors (Lipinski definition) is 2. The van der Waals surface area contributed by atoms with Crippen molar-refractivity contribution in [2.45, 2.75) is 46.5 Å². The molecule has 0 aliphatic carbocycles. The standard InChI is InChI=1S/C17H22N2O2/c1-4-7-11-10-14(16(18)20)13(9-6-3)15(17(19)21)12(11)8-5-2/h10H,5-6,8-9H2,1-3H3,(H2,18,20)(H2,19,21). The lowest BCUT2D eigenvalue weighted by atomic mass is 9.87. The van der Waals surface area contributed by atoms with Gasteiger partial charge in [-0.3, -0.25) is 9.59 Å². The van der Waals surface area contributed by atoms with Gasteiger partial charge in [0.05, 0.1) is 0 Å². The van der Waals surface area contributed by atoms with Gasteiger partial charge < -0.3 is 11.5 Å². The number of rotatable bonds is 6. The highest BCUT2D eigenvalue weighted by molar-refractivity contribution is 6.03. The first-order valence-corrected chi connectivity index (χ1v) is 7.18. The molecule has 4 heteroatoms. The molecule has 4 N–H and O–H groups in total. The van der Waals surface area contributed by atoms with Gasteiger partial charge in [0, 0.05) is 16.7 Å². The molecule has 112 valence electrons. The predicted octanol–water partition coefficient (Wildman–Crippen LogP) is 2.16. The maximum atomic E-state index is 11.9. The summed E-state index contributed by atoms with van der Waals surface area (Å²) >= 11 is 0. The van der Waals surface area contributed by atoms with Crippen LogP contribution in [0.2, 0.25) is 0 Å². The molecule has 0 unspecified atom stereocenters. The van der Waals surface area contributed by atoms with Crippen molar-refractivity contribution in [3.8, 4) is 11.8 Å². The lowest BCUT2D eigenvalue weighted by Gasteiger charge is -2.17. The van der Waals surface area contributed by atoms with Crippen LogP contribution in [-0.4, -0.2) is 11.8 Å². The molecule has 0 bridgehead atoms. The predicted molar refractivity (Wildman–Crippen MR) is 84.0 cm³/mol. The number of nitrogens with two attached hydrogens (primary N) is 2. The summed E-state index contributed by atoms with van der Waals surface area (Å²) in [6, 6.07) is 1.70. The van der Waals surface area contributed by atoms with Crippen molar-refractivity contribution < 1.29 is 9.59 Å². The Hall–Kier alpha value is -2.28. The minimum absolute atomic E-state index is 0.350. The summed E-state index contributed by atoms with van der Waals surface area (Å²) < 4.78 is 0. The van der Waals surface area contributed by atoms with Crippen LogP contribution in [0.15, 0.2) is 6.07 Å². The zero-order chi connectivity index (χ0) is 16.0. The second kappa shape index (κ2) is 7.49. The van der Waals surface area contributed by atoms with Gasteiger partial charge in [-0.1, -0.05) is 32.6 Å². The van der Waals surface area contributed by atoms with Crippen LogP contribution in [0.3, 0.4) is 0 Å². The molecule has 0 aliphatic heterocycles. The average molecular weight is 286 g/mol. The number of carbonyl (C=O) groups is 2. The molecule has 1 aromatic carbocycles. The quantitative estimate of drug-likeness (QED) is 0.785. The van der Waals surface area contributed by atoms with Gasteiger partial charge in [-0.15, -0.1) is 5.92 Å². The summed E-state index contributed by atoms with van der Waals surface area (Å²) in [6.45, 7) is 5.72. The second-order valence-corrected chi connectivity index (χ2v) is 4.91. The van der Waals surface area contributed by atoms with E-state index in [1.54, 1.807) is 13.0 Å². The molecule has 0 radical (unpaired) electrons. The highest BCUT2D eigenvalue weighted by atomic mass is 16.1. The minimum Gasteiger partial charge on any atom is -0.366 e. The Labute approximate surface area is 125 Å². The molecule has 0 saturated heterocycles. The lowest BCUT2D eigenvalue weighted by molar-refractivity contribution is 0.0998. The van der Waals surface area contributed by atoms with Gasteiger partial charge in [-0.05, 0) is 37.0 Å². The Morgan fingerprint density at radius 1 is 1.05 bits per heavy atom. The van der Waals surface area contributed by atoms with E-state index >= 15 is 0 Å². The fraction of sp³-hybridized carbons (Fsp3) is 0.412. The van der Waals surface area contributed by atoms with E-state index in [2.05, 4.69) is 11.8 Å². The average Bonchev–Trinajstić information content (AvgIpc) is 2.41. The van der Waals surface area contributed by atoms with Gasteiger partial charge in [0.15, 0.2) is 0 Å². The number of primary amides is 2. The fourth-order valence-corrected chi connectivity index (χ4v) is 2.55. The van der Waals surface area contributed by atoms with Gasteiger partial charge in [0.1, 0.15) is 0 Å². The summed E-state index contributed by atoms with van der Waals surface area (Å²) in [7, 11) is 0. The molecule has 0 aromatic heterocycles. The monoisotopic (exact) mass is 286 g/mol. The Morgan fingerprint density at radius 3 is 2.05 bits per heavy atom. The second-order valence-electron chi connectivity index (χ2n) is 4.91. The molecule has 2 amide bonds. The van der Waals surface area contributed by atoms with E-state index in [4.69, 9.17) is 11.5 Å². The molecule has 4 nitrogen and oxygen atoms in total. The first-order chi connectivity index (χ1) is 9.97. The van der Waals surface area contributed by atoms with Crippen LogP contribution in [-0.2, 0) is 12.8 Å². The molecular weight excluding hydrogens is 264 g/mol. The van der Waals surface area contributed by atoms with Crippen LogP contribution in [0.1, 0.15) is 71.0 Å². The summed E-state index contributed by atoms with van der Waals surface area (Å²) in [5.74, 6) is 4.69. The molecular formula is C17H22N2O2. The first-order valence-electron chi connectivity index (χ1n) is 7.18. The lowest BCUT2D eigenvalue weighted by Crippen LogP contribution is -2.23. The van der Waals surface area contributed by atoms with Crippen LogP contribution >= 0.6 is 0 Å². The number of carbonyl (C=O) groups excluding carboxylic acids is 2. The minimum atomic E-state index is -0.553. The van der Waals surface area contributed by atoms with Crippen molar-refractivity contribution in [2.24, 2.45) is 11.5 Å². The third-order valence-corrected chi connectivity index (χ3v) is 3.31. The Kier molecular flexibility index (Phi) is 5.98. The van der Waals surface area contributed by atoms with Gasteiger partial charge in [-0.2, -0.15) is 0 Å². The van der Waals surface area contributed by atoms with Crippen molar-refractivity contribution >= 4 is 11.8 Å². The summed E-state index contributed by atoms with van der Waals surface area (Å²) in [4.78, 5) is 23.7. The normalized spacial score (nSPS) is 9.86. The van der Waals surface area contributed by atoms with E-state index < -0.39 is 11.8 Å². The van der Waals surface area contributed by atoms with Crippen LogP contribution in [0.25, 0.3) is 0 Å². The molecule has 0 aliphatic rings. The van der Waals surface area contributed by atoms with Crippen LogP contribution in [0.5, 0.6) is 0 Å². The van der Waals surface area contributed by atoms with Crippen LogP contribution in [0, 0.1) is 11.8 Å². The van der Waals surface area contributed by atoms with Crippen molar-refractivity contribution in [2.75, 3.05) is 0 Å². The number of amides is 2. The van der Waals surface area contributed by atoms with Gasteiger partial charge >= 0.3 is 0 Å². The van der Waals surface area contributed by atoms with E-state index in [9.17, 15) is 9.59 Å². The maximum Gasteiger partial charge on any atom is 0.249 e. The number of benzene rings is 1. The Balaban J connectivity index is 3.81. The van der Waals surface area contributed by atoms with Gasteiger partial charge in [-0.25, -0.2) is 0 Å². The summed E-state index contributed by atoms with van der Waals surface area (Å²) in [5.41, 5.74) is 14.0. The van der Waals surface area contributed by atoms with E-state index in [-0.39, 0.29) is 0 Å². The zero-order valence-corrected chi connectivity index (χ0v) is 12.9. The SMILES string of the molecule is CC#Cc1cc(C(N)=O)c(CCC)c(C(N)=O)c1CCC. The molecule has 1 rings (SSSR count). The van der Waals surface area contributed by atoms with Crippen molar-refractivity contribution in [1.82, 2.24) is 0 Å². The zero-order valence-electron chi connectivity index (χ0n) is 12.9. The molecule has 0 saturated carbocycles. The van der Waals surface area contributed by atoms with Crippen LogP contribution < -0.4 is 11.5 Å². The molecule has 0 heterocycles. The largest absolute Gasteiger partial charge is 0.366 e. The first kappa shape index (κ1) is 16.8. The third kappa shape index (κ3) is 3.63. The smallest absolute Gasteiger partial charge is 0.249 e. The fourth-order valence-electron chi connectivity index (χ4n) is 2.55. The summed E-state index contributed by atoms with van der Waals surface area (Å²) in [5, 5.41) is 0. The van der Waals surface area contributed by atoms with Crippen molar-refractivity contribution in [3.05, 3.63) is 33.9 Å². The van der Waals surface area contributed by atoms with E-state index in [0.29, 0.717) is 35.1 Å². The van der Waals surface area contributed by atoms with Gasteiger partial charge in [0.2, 0.25) is 11.8 Å². The van der Waals surface area contributed by atoms with Gasteiger partial charge in [0.25, 0.3) is 0 Å². The van der Waals surface area contributed by atoms with E-state index in [1.165, 1.54) is 0 Å². The van der Waals surface area contributed by atoms with Crippen molar-refractivity contribution in [1.29, 1.82) is 0 Å². The maximum absolute atomic E-state index is 11.9. The molecule has 1 aromatic rings. The van der Waals surface area contributed by atoms with E-state index in [1.807, 2.05) is 13.8 Å².